The smallest absolute Gasteiger partial charge is 0.279 e. The van der Waals surface area contributed by atoms with Crippen LogP contribution >= 0.6 is 0 Å². The van der Waals surface area contributed by atoms with Gasteiger partial charge in [-0.05, 0) is 25.0 Å². The quantitative estimate of drug-likeness (QED) is 0.806. The maximum atomic E-state index is 12.7. The van der Waals surface area contributed by atoms with E-state index in [4.69, 9.17) is 0 Å². The normalized spacial score (nSPS) is 29.1. The zero-order valence-electron chi connectivity index (χ0n) is 15.3. The van der Waals surface area contributed by atoms with Gasteiger partial charge in [-0.2, -0.15) is 0 Å². The molecule has 1 aromatic rings. The molecule has 26 heavy (non-hydrogen) atoms. The molecule has 6 nitrogen and oxygen atoms in total. The minimum absolute atomic E-state index is 0.0458. The summed E-state index contributed by atoms with van der Waals surface area (Å²) in [5.74, 6) is 0.160. The van der Waals surface area contributed by atoms with E-state index < -0.39 is 0 Å². The van der Waals surface area contributed by atoms with Crippen LogP contribution in [0.2, 0.25) is 0 Å². The third kappa shape index (κ3) is 3.70. The molecule has 2 heterocycles. The van der Waals surface area contributed by atoms with E-state index in [0.29, 0.717) is 18.5 Å². The van der Waals surface area contributed by atoms with Gasteiger partial charge in [0.05, 0.1) is 12.5 Å². The lowest BCUT2D eigenvalue weighted by Gasteiger charge is -2.39. The van der Waals surface area contributed by atoms with Crippen molar-refractivity contribution in [1.29, 1.82) is 0 Å². The maximum Gasteiger partial charge on any atom is 0.279 e. The van der Waals surface area contributed by atoms with Crippen molar-refractivity contribution < 1.29 is 14.9 Å². The Morgan fingerprint density at radius 2 is 1.81 bits per heavy atom. The summed E-state index contributed by atoms with van der Waals surface area (Å²) in [7, 11) is 0. The third-order valence-electron chi connectivity index (χ3n) is 6.11. The highest BCUT2D eigenvalue weighted by atomic mass is 16.2. The second kappa shape index (κ2) is 7.66. The molecule has 3 fully saturated rings. The van der Waals surface area contributed by atoms with Crippen LogP contribution in [0.1, 0.15) is 32.1 Å². The second-order valence-corrected chi connectivity index (χ2v) is 7.77. The highest BCUT2D eigenvalue weighted by molar-refractivity contribution is 5.87. The van der Waals surface area contributed by atoms with Gasteiger partial charge in [-0.3, -0.25) is 9.59 Å². The zero-order valence-corrected chi connectivity index (χ0v) is 15.3. The number of rotatable bonds is 3. The van der Waals surface area contributed by atoms with E-state index >= 15 is 0 Å². The number of benzene rings is 1. The lowest BCUT2D eigenvalue weighted by atomic mass is 9.87. The van der Waals surface area contributed by atoms with Gasteiger partial charge in [-0.1, -0.05) is 24.6 Å². The number of nitrogens with zero attached hydrogens (tertiary/aromatic N) is 2. The van der Waals surface area contributed by atoms with Crippen molar-refractivity contribution in [2.24, 2.45) is 0 Å². The van der Waals surface area contributed by atoms with Gasteiger partial charge in [0.1, 0.15) is 6.04 Å². The van der Waals surface area contributed by atoms with E-state index in [1.165, 1.54) is 18.5 Å². The van der Waals surface area contributed by atoms with Gasteiger partial charge in [0, 0.05) is 38.3 Å². The Hall–Kier alpha value is -2.08. The van der Waals surface area contributed by atoms with E-state index in [9.17, 15) is 9.59 Å². The van der Waals surface area contributed by atoms with Crippen molar-refractivity contribution in [1.82, 2.24) is 10.2 Å². The van der Waals surface area contributed by atoms with Gasteiger partial charge >= 0.3 is 0 Å². The summed E-state index contributed by atoms with van der Waals surface area (Å²) in [5.41, 5.74) is 1.21. The van der Waals surface area contributed by atoms with Crippen molar-refractivity contribution in [2.45, 2.75) is 50.2 Å². The number of piperazine rings is 2. The molecule has 140 valence electrons. The molecule has 0 bridgehead atoms. The number of carbonyl (C=O) groups is 2. The monoisotopic (exact) mass is 357 g/mol. The number of hydrogen-bond donors (Lipinski definition) is 2. The molecular weight excluding hydrogens is 328 g/mol. The molecule has 4 rings (SSSR count). The Bertz CT molecular complexity index is 642. The van der Waals surface area contributed by atoms with E-state index in [1.807, 2.05) is 23.1 Å². The van der Waals surface area contributed by atoms with E-state index in [0.717, 1.165) is 39.0 Å². The molecular formula is C20H29N4O2+. The molecule has 3 atom stereocenters. The van der Waals surface area contributed by atoms with Gasteiger partial charge in [0.25, 0.3) is 5.91 Å². The average Bonchev–Trinajstić information content (AvgIpc) is 2.69. The number of nitrogens with two attached hydrogens (primary N) is 1. The topological polar surface area (TPSA) is 69.3 Å². The lowest BCUT2D eigenvalue weighted by molar-refractivity contribution is -0.718. The Labute approximate surface area is 154 Å². The second-order valence-electron chi connectivity index (χ2n) is 7.77. The minimum atomic E-state index is -0.256. The number of quaternary nitrogens is 1. The molecule has 0 aromatic heterocycles. The van der Waals surface area contributed by atoms with Gasteiger partial charge in [-0.25, -0.2) is 0 Å². The first-order valence-electron chi connectivity index (χ1n) is 9.94. The summed E-state index contributed by atoms with van der Waals surface area (Å²) in [6.45, 7) is 3.16. The molecule has 6 heteroatoms. The molecule has 2 amide bonds. The van der Waals surface area contributed by atoms with Gasteiger partial charge in [0.15, 0.2) is 6.04 Å². The molecule has 0 radical (unpaired) electrons. The summed E-state index contributed by atoms with van der Waals surface area (Å²) < 4.78 is 0. The molecule has 3 N–H and O–H groups in total. The summed E-state index contributed by atoms with van der Waals surface area (Å²) in [6, 6.07) is 10.8. The molecule has 0 spiro atoms. The highest BCUT2D eigenvalue weighted by Crippen LogP contribution is 2.19. The number of anilines is 1. The molecule has 1 aromatic carbocycles. The van der Waals surface area contributed by atoms with E-state index in [-0.39, 0.29) is 17.9 Å². The summed E-state index contributed by atoms with van der Waals surface area (Å²) >= 11 is 0. The Morgan fingerprint density at radius 1 is 1.08 bits per heavy atom. The number of nitrogens with one attached hydrogen (secondary N) is 1. The lowest BCUT2D eigenvalue weighted by Crippen LogP contribution is -3.03. The molecule has 1 aliphatic carbocycles. The minimum Gasteiger partial charge on any atom is -0.368 e. The standard InChI is InChI=1S/C20H28N4O2/c25-19(14-18-20(26)22-17-9-5-4-8-16(17)21-18)24-12-10-23(11-13-24)15-6-2-1-3-7-15/h1-3,6-7,16-18,21H,4-5,8-14H2,(H,22,26)/p+1/t16-,17+,18+/m1/s1. The van der Waals surface area contributed by atoms with Crippen LogP contribution in [-0.2, 0) is 9.59 Å². The van der Waals surface area contributed by atoms with Gasteiger partial charge in [0.2, 0.25) is 5.91 Å². The predicted molar refractivity (Wildman–Crippen MR) is 99.8 cm³/mol. The number of para-hydroxylation sites is 1. The predicted octanol–water partition coefficient (Wildman–Crippen LogP) is 0.0983. The van der Waals surface area contributed by atoms with Crippen molar-refractivity contribution in [3.63, 3.8) is 0 Å². The Kier molecular flexibility index (Phi) is 5.11. The van der Waals surface area contributed by atoms with Gasteiger partial charge in [-0.15, -0.1) is 0 Å². The Balaban J connectivity index is 1.29. The van der Waals surface area contributed by atoms with Crippen LogP contribution in [0, 0.1) is 0 Å². The molecule has 2 saturated heterocycles. The summed E-state index contributed by atoms with van der Waals surface area (Å²) in [5, 5.41) is 5.32. The van der Waals surface area contributed by atoms with Crippen LogP contribution in [0.5, 0.6) is 0 Å². The van der Waals surface area contributed by atoms with Crippen LogP contribution in [0.3, 0.4) is 0 Å². The largest absolute Gasteiger partial charge is 0.368 e. The zero-order chi connectivity index (χ0) is 17.9. The number of amides is 2. The van der Waals surface area contributed by atoms with Crippen molar-refractivity contribution in [3.05, 3.63) is 30.3 Å². The van der Waals surface area contributed by atoms with Crippen molar-refractivity contribution in [3.8, 4) is 0 Å². The maximum absolute atomic E-state index is 12.7. The average molecular weight is 357 g/mol. The highest BCUT2D eigenvalue weighted by Gasteiger charge is 2.41. The fourth-order valence-electron chi connectivity index (χ4n) is 4.58. The Morgan fingerprint density at radius 3 is 2.58 bits per heavy atom. The molecule has 0 unspecified atom stereocenters. The first kappa shape index (κ1) is 17.3. The van der Waals surface area contributed by atoms with Crippen LogP contribution < -0.4 is 15.5 Å². The van der Waals surface area contributed by atoms with Crippen molar-refractivity contribution >= 4 is 17.5 Å². The van der Waals surface area contributed by atoms with Gasteiger partial charge < -0.3 is 20.4 Å². The van der Waals surface area contributed by atoms with E-state index in [1.54, 1.807) is 0 Å². The fourth-order valence-corrected chi connectivity index (χ4v) is 4.58. The first-order valence-corrected chi connectivity index (χ1v) is 9.94. The summed E-state index contributed by atoms with van der Waals surface area (Å²) in [6.07, 6.45) is 4.97. The molecule has 2 aliphatic heterocycles. The van der Waals surface area contributed by atoms with Crippen LogP contribution in [0.25, 0.3) is 0 Å². The first-order chi connectivity index (χ1) is 12.7. The fraction of sp³-hybridized carbons (Fsp3) is 0.600. The molecule has 1 saturated carbocycles. The SMILES string of the molecule is O=C1N[C@H]2CCCC[C@H]2[NH2+][C@H]1CC(=O)N1CCN(c2ccccc2)CC1. The van der Waals surface area contributed by atoms with Crippen molar-refractivity contribution in [2.75, 3.05) is 31.1 Å². The van der Waals surface area contributed by atoms with E-state index in [2.05, 4.69) is 27.7 Å². The number of carbonyl (C=O) groups excluding carboxylic acids is 2. The number of fused-ring (bicyclic) bond motifs is 1. The molecule has 3 aliphatic rings. The summed E-state index contributed by atoms with van der Waals surface area (Å²) in [4.78, 5) is 29.3. The van der Waals surface area contributed by atoms with Crippen LogP contribution in [0.15, 0.2) is 30.3 Å². The van der Waals surface area contributed by atoms with Crippen LogP contribution in [-0.4, -0.2) is 61.0 Å². The van der Waals surface area contributed by atoms with Crippen LogP contribution in [0.4, 0.5) is 5.69 Å². The third-order valence-corrected chi connectivity index (χ3v) is 6.11. The number of hydrogen-bond acceptors (Lipinski definition) is 3.